The fourth-order valence-electron chi connectivity index (χ4n) is 2.88. The first-order valence-electron chi connectivity index (χ1n) is 8.17. The molecular weight excluding hydrogens is 362 g/mol. The molecule has 27 heavy (non-hydrogen) atoms. The van der Waals surface area contributed by atoms with Gasteiger partial charge in [0.15, 0.2) is 5.82 Å². The molecule has 0 radical (unpaired) electrons. The Bertz CT molecular complexity index is 1220. The fraction of sp³-hybridized carbons (Fsp3) is 0.0500. The Labute approximate surface area is 159 Å². The number of aromatic nitrogens is 4. The summed E-state index contributed by atoms with van der Waals surface area (Å²) in [4.78, 5) is 20.0. The van der Waals surface area contributed by atoms with E-state index in [4.69, 9.17) is 18.0 Å². The Morgan fingerprint density at radius 1 is 1.19 bits per heavy atom. The van der Waals surface area contributed by atoms with Crippen molar-refractivity contribution in [1.82, 2.24) is 20.2 Å². The third kappa shape index (κ3) is 3.16. The van der Waals surface area contributed by atoms with Gasteiger partial charge in [-0.3, -0.25) is 9.89 Å². The van der Waals surface area contributed by atoms with Gasteiger partial charge in [-0.05, 0) is 12.1 Å². The van der Waals surface area contributed by atoms with Gasteiger partial charge >= 0.3 is 0 Å². The lowest BCUT2D eigenvalue weighted by atomic mass is 10.0. The minimum Gasteiger partial charge on any atom is -0.355 e. The second-order valence-electron chi connectivity index (χ2n) is 5.85. The van der Waals surface area contributed by atoms with Crippen molar-refractivity contribution in [2.75, 3.05) is 11.9 Å². The minimum absolute atomic E-state index is 0.172. The molecule has 0 aliphatic heterocycles. The highest BCUT2D eigenvalue weighted by Gasteiger charge is 2.16. The van der Waals surface area contributed by atoms with E-state index in [0.717, 1.165) is 22.0 Å². The van der Waals surface area contributed by atoms with Crippen molar-refractivity contribution in [3.63, 3.8) is 0 Å². The number of anilines is 1. The van der Waals surface area contributed by atoms with Crippen molar-refractivity contribution in [3.05, 3.63) is 64.0 Å². The molecule has 2 heterocycles. The summed E-state index contributed by atoms with van der Waals surface area (Å²) in [7, 11) is 0. The van der Waals surface area contributed by atoms with Crippen molar-refractivity contribution in [2.24, 2.45) is 0 Å². The van der Waals surface area contributed by atoms with E-state index in [-0.39, 0.29) is 17.9 Å². The lowest BCUT2D eigenvalue weighted by Crippen LogP contribution is -2.18. The summed E-state index contributed by atoms with van der Waals surface area (Å²) < 4.78 is 0. The lowest BCUT2D eigenvalue weighted by molar-refractivity contribution is 1.12. The van der Waals surface area contributed by atoms with Gasteiger partial charge in [-0.2, -0.15) is 5.10 Å². The van der Waals surface area contributed by atoms with Crippen LogP contribution in [-0.2, 0) is 0 Å². The number of halogens is 1. The first kappa shape index (κ1) is 16.9. The highest BCUT2D eigenvalue weighted by atomic mass is 35.5. The number of H-pyrrole nitrogens is 2. The standard InChI is InChI=1S/C20H14ClN5O/c1-2-8-22-19-20(27)25-18(17(24-19)12-6-4-3-5-7-12)13-9-14-11-23-26-16(14)15(21)10-13/h1,3-7,9-11H,8H2,(H,22,24)(H,23,26)(H,25,27). The predicted octanol–water partition coefficient (Wildman–Crippen LogP) is 3.68. The van der Waals surface area contributed by atoms with Crippen molar-refractivity contribution >= 4 is 28.3 Å². The highest BCUT2D eigenvalue weighted by molar-refractivity contribution is 6.35. The molecule has 4 aromatic rings. The van der Waals surface area contributed by atoms with E-state index in [9.17, 15) is 4.79 Å². The van der Waals surface area contributed by atoms with Crippen molar-refractivity contribution in [2.45, 2.75) is 0 Å². The molecule has 0 bridgehead atoms. The SMILES string of the molecule is C#CCNc1nc(-c2ccccc2)c(-c2cc(Cl)c3[nH]ncc3c2)[nH]c1=O. The third-order valence-corrected chi connectivity index (χ3v) is 4.41. The fourth-order valence-corrected chi connectivity index (χ4v) is 3.15. The van der Waals surface area contributed by atoms with Crippen LogP contribution in [0, 0.1) is 12.3 Å². The van der Waals surface area contributed by atoms with Crippen LogP contribution in [0.1, 0.15) is 0 Å². The van der Waals surface area contributed by atoms with Crippen LogP contribution >= 0.6 is 11.6 Å². The summed E-state index contributed by atoms with van der Waals surface area (Å²) in [5.74, 6) is 2.61. The first-order chi connectivity index (χ1) is 13.2. The van der Waals surface area contributed by atoms with E-state index in [1.54, 1.807) is 12.3 Å². The van der Waals surface area contributed by atoms with Gasteiger partial charge in [-0.1, -0.05) is 47.9 Å². The number of hydrogen-bond donors (Lipinski definition) is 3. The molecule has 0 aliphatic rings. The Hall–Kier alpha value is -3.56. The molecule has 7 heteroatoms. The normalized spacial score (nSPS) is 10.7. The zero-order valence-corrected chi connectivity index (χ0v) is 14.8. The molecule has 2 aromatic carbocycles. The molecule has 3 N–H and O–H groups in total. The molecule has 0 unspecified atom stereocenters. The second-order valence-corrected chi connectivity index (χ2v) is 6.26. The largest absolute Gasteiger partial charge is 0.355 e. The number of nitrogens with one attached hydrogen (secondary N) is 3. The van der Waals surface area contributed by atoms with E-state index in [2.05, 4.69) is 31.4 Å². The third-order valence-electron chi connectivity index (χ3n) is 4.11. The molecule has 132 valence electrons. The second kappa shape index (κ2) is 6.98. The summed E-state index contributed by atoms with van der Waals surface area (Å²) >= 11 is 6.37. The van der Waals surface area contributed by atoms with Gasteiger partial charge in [0.1, 0.15) is 0 Å². The quantitative estimate of drug-likeness (QED) is 0.475. The molecule has 2 aromatic heterocycles. The molecule has 4 rings (SSSR count). The smallest absolute Gasteiger partial charge is 0.291 e. The Morgan fingerprint density at radius 2 is 2.00 bits per heavy atom. The van der Waals surface area contributed by atoms with E-state index < -0.39 is 0 Å². The van der Waals surface area contributed by atoms with E-state index in [1.165, 1.54) is 0 Å². The van der Waals surface area contributed by atoms with Gasteiger partial charge in [0, 0.05) is 16.5 Å². The lowest BCUT2D eigenvalue weighted by Gasteiger charge is -2.12. The average Bonchev–Trinajstić information content (AvgIpc) is 3.17. The molecule has 6 nitrogen and oxygen atoms in total. The molecule has 0 saturated heterocycles. The van der Waals surface area contributed by atoms with Crippen LogP contribution in [0.2, 0.25) is 5.02 Å². The van der Waals surface area contributed by atoms with Gasteiger partial charge < -0.3 is 10.3 Å². The predicted molar refractivity (Wildman–Crippen MR) is 108 cm³/mol. The number of benzene rings is 2. The van der Waals surface area contributed by atoms with Crippen molar-refractivity contribution in [3.8, 4) is 34.9 Å². The van der Waals surface area contributed by atoms with Gasteiger partial charge in [0.05, 0.1) is 34.7 Å². The van der Waals surface area contributed by atoms with Crippen LogP contribution in [0.3, 0.4) is 0 Å². The molecule has 0 fully saturated rings. The molecule has 0 spiro atoms. The molecule has 0 aliphatic carbocycles. The number of rotatable bonds is 4. The number of fused-ring (bicyclic) bond motifs is 1. The monoisotopic (exact) mass is 375 g/mol. The topological polar surface area (TPSA) is 86.5 Å². The summed E-state index contributed by atoms with van der Waals surface area (Å²) in [5.41, 5.74) is 3.17. The zero-order valence-electron chi connectivity index (χ0n) is 14.1. The molecule has 0 amide bonds. The summed E-state index contributed by atoms with van der Waals surface area (Å²) in [6, 6.07) is 13.3. The average molecular weight is 376 g/mol. The number of nitrogens with zero attached hydrogens (tertiary/aromatic N) is 2. The van der Waals surface area contributed by atoms with E-state index >= 15 is 0 Å². The highest BCUT2D eigenvalue weighted by Crippen LogP contribution is 2.33. The van der Waals surface area contributed by atoms with Crippen LogP contribution < -0.4 is 10.9 Å². The summed E-state index contributed by atoms with van der Waals surface area (Å²) in [5, 5.41) is 11.1. The Balaban J connectivity index is 1.96. The van der Waals surface area contributed by atoms with E-state index in [0.29, 0.717) is 16.4 Å². The van der Waals surface area contributed by atoms with Crippen LogP contribution in [-0.4, -0.2) is 26.7 Å². The van der Waals surface area contributed by atoms with Gasteiger partial charge in [-0.15, -0.1) is 6.42 Å². The number of terminal acetylenes is 1. The summed E-state index contributed by atoms with van der Waals surface area (Å²) in [6.07, 6.45) is 6.96. The Kier molecular flexibility index (Phi) is 4.37. The zero-order chi connectivity index (χ0) is 18.8. The van der Waals surface area contributed by atoms with E-state index in [1.807, 2.05) is 36.4 Å². The molecule has 0 saturated carbocycles. The molecular formula is C20H14ClN5O. The van der Waals surface area contributed by atoms with Crippen LogP contribution in [0.15, 0.2) is 53.5 Å². The number of aromatic amines is 2. The minimum atomic E-state index is -0.358. The maximum Gasteiger partial charge on any atom is 0.291 e. The van der Waals surface area contributed by atoms with Gasteiger partial charge in [-0.25, -0.2) is 4.98 Å². The van der Waals surface area contributed by atoms with Gasteiger partial charge in [0.25, 0.3) is 5.56 Å². The van der Waals surface area contributed by atoms with Crippen molar-refractivity contribution < 1.29 is 0 Å². The van der Waals surface area contributed by atoms with Crippen LogP contribution in [0.25, 0.3) is 33.4 Å². The first-order valence-corrected chi connectivity index (χ1v) is 8.55. The summed E-state index contributed by atoms with van der Waals surface area (Å²) in [6.45, 7) is 0.205. The van der Waals surface area contributed by atoms with Crippen LogP contribution in [0.5, 0.6) is 0 Å². The number of hydrogen-bond acceptors (Lipinski definition) is 4. The molecule has 0 atom stereocenters. The van der Waals surface area contributed by atoms with Crippen molar-refractivity contribution in [1.29, 1.82) is 0 Å². The maximum atomic E-state index is 12.5. The Morgan fingerprint density at radius 3 is 2.78 bits per heavy atom. The maximum absolute atomic E-state index is 12.5. The van der Waals surface area contributed by atoms with Gasteiger partial charge in [0.2, 0.25) is 0 Å². The van der Waals surface area contributed by atoms with Crippen LogP contribution in [0.4, 0.5) is 5.82 Å².